The average molecular weight is 482 g/mol. The quantitative estimate of drug-likeness (QED) is 0.535. The first kappa shape index (κ1) is 24.9. The molecule has 1 fully saturated rings. The SMILES string of the molecule is CCCC[C@@H](CC)C(=O)N1CCCN(C(=O)CN2CCc3sccc3[C@H]2c2ccccc2)CC1. The van der Waals surface area contributed by atoms with Gasteiger partial charge in [-0.2, -0.15) is 0 Å². The second kappa shape index (κ2) is 12.0. The van der Waals surface area contributed by atoms with Crippen molar-refractivity contribution in [2.45, 2.75) is 58.4 Å². The molecule has 1 saturated heterocycles. The van der Waals surface area contributed by atoms with Gasteiger partial charge in [0.1, 0.15) is 0 Å². The lowest BCUT2D eigenvalue weighted by atomic mass is 9.93. The fourth-order valence-electron chi connectivity index (χ4n) is 5.44. The smallest absolute Gasteiger partial charge is 0.236 e. The molecule has 0 aliphatic carbocycles. The third-order valence-electron chi connectivity index (χ3n) is 7.43. The molecule has 0 saturated carbocycles. The number of thiophene rings is 1. The van der Waals surface area contributed by atoms with Crippen LogP contribution >= 0.6 is 11.3 Å². The molecular formula is C28H39N3O2S. The van der Waals surface area contributed by atoms with Gasteiger partial charge in [0.25, 0.3) is 0 Å². The van der Waals surface area contributed by atoms with E-state index in [1.807, 2.05) is 27.2 Å². The van der Waals surface area contributed by atoms with Crippen molar-refractivity contribution in [2.24, 2.45) is 5.92 Å². The molecule has 1 aromatic heterocycles. The summed E-state index contributed by atoms with van der Waals surface area (Å²) >= 11 is 1.83. The van der Waals surface area contributed by atoms with E-state index in [2.05, 4.69) is 54.5 Å². The highest BCUT2D eigenvalue weighted by Gasteiger charge is 2.32. The Bertz CT molecular complexity index is 944. The Morgan fingerprint density at radius 3 is 2.53 bits per heavy atom. The molecule has 2 aromatic rings. The highest BCUT2D eigenvalue weighted by molar-refractivity contribution is 7.10. The lowest BCUT2D eigenvalue weighted by molar-refractivity contribution is -0.137. The minimum atomic E-state index is 0.127. The maximum absolute atomic E-state index is 13.4. The van der Waals surface area contributed by atoms with E-state index >= 15 is 0 Å². The van der Waals surface area contributed by atoms with Crippen LogP contribution in [0.25, 0.3) is 0 Å². The van der Waals surface area contributed by atoms with Gasteiger partial charge in [-0.1, -0.05) is 57.0 Å². The third-order valence-corrected chi connectivity index (χ3v) is 8.42. The van der Waals surface area contributed by atoms with Crippen LogP contribution in [0.5, 0.6) is 0 Å². The third kappa shape index (κ3) is 5.72. The van der Waals surface area contributed by atoms with E-state index < -0.39 is 0 Å². The molecule has 1 aromatic carbocycles. The molecular weight excluding hydrogens is 442 g/mol. The fourth-order valence-corrected chi connectivity index (χ4v) is 6.34. The number of amides is 2. The Hall–Kier alpha value is -2.18. The Labute approximate surface area is 208 Å². The van der Waals surface area contributed by atoms with Crippen LogP contribution in [0, 0.1) is 5.92 Å². The zero-order valence-corrected chi connectivity index (χ0v) is 21.6. The Morgan fingerprint density at radius 2 is 1.76 bits per heavy atom. The van der Waals surface area contributed by atoms with Gasteiger partial charge >= 0.3 is 0 Å². The first-order valence-electron chi connectivity index (χ1n) is 13.0. The van der Waals surface area contributed by atoms with Crippen LogP contribution in [-0.4, -0.2) is 65.8 Å². The summed E-state index contributed by atoms with van der Waals surface area (Å²) in [5.74, 6) is 0.601. The summed E-state index contributed by atoms with van der Waals surface area (Å²) in [5.41, 5.74) is 2.60. The molecule has 34 heavy (non-hydrogen) atoms. The normalized spacial score (nSPS) is 20.0. The van der Waals surface area contributed by atoms with Crippen molar-refractivity contribution >= 4 is 23.2 Å². The zero-order valence-electron chi connectivity index (χ0n) is 20.7. The Morgan fingerprint density at radius 1 is 1.00 bits per heavy atom. The molecule has 3 heterocycles. The van der Waals surface area contributed by atoms with E-state index in [0.717, 1.165) is 58.2 Å². The number of nitrogens with zero attached hydrogens (tertiary/aromatic N) is 3. The largest absolute Gasteiger partial charge is 0.341 e. The predicted octanol–water partition coefficient (Wildman–Crippen LogP) is 4.97. The van der Waals surface area contributed by atoms with Crippen molar-refractivity contribution in [1.29, 1.82) is 0 Å². The minimum Gasteiger partial charge on any atom is -0.341 e. The van der Waals surface area contributed by atoms with Crippen molar-refractivity contribution in [1.82, 2.24) is 14.7 Å². The second-order valence-electron chi connectivity index (χ2n) is 9.64. The summed E-state index contributed by atoms with van der Waals surface area (Å²) in [6.07, 6.45) is 5.97. The van der Waals surface area contributed by atoms with E-state index in [4.69, 9.17) is 0 Å². The zero-order chi connectivity index (χ0) is 23.9. The van der Waals surface area contributed by atoms with Gasteiger partial charge in [-0.3, -0.25) is 14.5 Å². The second-order valence-corrected chi connectivity index (χ2v) is 10.6. The van der Waals surface area contributed by atoms with Gasteiger partial charge in [-0.15, -0.1) is 11.3 Å². The topological polar surface area (TPSA) is 43.9 Å². The minimum absolute atomic E-state index is 0.127. The van der Waals surface area contributed by atoms with Crippen LogP contribution in [0.15, 0.2) is 41.8 Å². The average Bonchev–Trinajstić information content (AvgIpc) is 3.20. The molecule has 5 nitrogen and oxygen atoms in total. The molecule has 6 heteroatoms. The van der Waals surface area contributed by atoms with Gasteiger partial charge in [0.05, 0.1) is 12.6 Å². The van der Waals surface area contributed by atoms with Crippen LogP contribution in [0.3, 0.4) is 0 Å². The maximum Gasteiger partial charge on any atom is 0.236 e. The van der Waals surface area contributed by atoms with Gasteiger partial charge in [-0.05, 0) is 48.3 Å². The number of hydrogen-bond acceptors (Lipinski definition) is 4. The van der Waals surface area contributed by atoms with Crippen LogP contribution in [0.1, 0.15) is 68.0 Å². The van der Waals surface area contributed by atoms with Crippen LogP contribution < -0.4 is 0 Å². The molecule has 0 N–H and O–H groups in total. The number of benzene rings is 1. The standard InChI is InChI=1S/C28H39N3O2S/c1-3-5-10-22(4-2)28(33)30-16-9-15-29(18-19-30)26(32)21-31-17-13-25-24(14-20-34-25)27(31)23-11-7-6-8-12-23/h6-8,11-12,14,20,22,27H,3-5,9-10,13,15-19,21H2,1-2H3/t22-,27-/m1/s1. The first-order valence-corrected chi connectivity index (χ1v) is 13.9. The number of carbonyl (C=O) groups is 2. The van der Waals surface area contributed by atoms with Crippen LogP contribution in [0.2, 0.25) is 0 Å². The summed E-state index contributed by atoms with van der Waals surface area (Å²) in [4.78, 5) is 34.3. The lowest BCUT2D eigenvalue weighted by Crippen LogP contribution is -2.45. The van der Waals surface area contributed by atoms with Crippen molar-refractivity contribution in [3.8, 4) is 0 Å². The van der Waals surface area contributed by atoms with E-state index in [-0.39, 0.29) is 23.8 Å². The molecule has 2 aliphatic heterocycles. The molecule has 2 atom stereocenters. The van der Waals surface area contributed by atoms with Crippen LogP contribution in [0.4, 0.5) is 0 Å². The molecule has 2 aliphatic rings. The van der Waals surface area contributed by atoms with E-state index in [0.29, 0.717) is 19.6 Å². The number of hydrogen-bond donors (Lipinski definition) is 0. The van der Waals surface area contributed by atoms with Gasteiger partial charge in [0, 0.05) is 43.5 Å². The van der Waals surface area contributed by atoms with Crippen LogP contribution in [-0.2, 0) is 16.0 Å². The summed E-state index contributed by atoms with van der Waals surface area (Å²) in [6, 6.07) is 12.9. The Balaban J connectivity index is 1.40. The first-order chi connectivity index (χ1) is 16.6. The van der Waals surface area contributed by atoms with Gasteiger partial charge < -0.3 is 9.80 Å². The van der Waals surface area contributed by atoms with E-state index in [1.54, 1.807) is 0 Å². The highest BCUT2D eigenvalue weighted by Crippen LogP contribution is 2.37. The molecule has 0 bridgehead atoms. The molecule has 0 radical (unpaired) electrons. The fraction of sp³-hybridized carbons (Fsp3) is 0.571. The van der Waals surface area contributed by atoms with Crippen molar-refractivity contribution in [3.05, 3.63) is 57.8 Å². The maximum atomic E-state index is 13.4. The summed E-state index contributed by atoms with van der Waals surface area (Å²) in [7, 11) is 0. The number of carbonyl (C=O) groups excluding carboxylic acids is 2. The van der Waals surface area contributed by atoms with Crippen molar-refractivity contribution in [2.75, 3.05) is 39.3 Å². The molecule has 2 amide bonds. The van der Waals surface area contributed by atoms with Gasteiger partial charge in [0.2, 0.25) is 11.8 Å². The Kier molecular flexibility index (Phi) is 8.79. The number of unbranched alkanes of at least 4 members (excludes halogenated alkanes) is 1. The molecule has 0 unspecified atom stereocenters. The summed E-state index contributed by atoms with van der Waals surface area (Å²) in [6.45, 7) is 8.42. The summed E-state index contributed by atoms with van der Waals surface area (Å²) < 4.78 is 0. The van der Waals surface area contributed by atoms with Crippen molar-refractivity contribution < 1.29 is 9.59 Å². The molecule has 0 spiro atoms. The number of rotatable bonds is 8. The summed E-state index contributed by atoms with van der Waals surface area (Å²) in [5, 5.41) is 2.18. The molecule has 184 valence electrons. The van der Waals surface area contributed by atoms with Gasteiger partial charge in [0.15, 0.2) is 0 Å². The van der Waals surface area contributed by atoms with E-state index in [9.17, 15) is 9.59 Å². The lowest BCUT2D eigenvalue weighted by Gasteiger charge is -2.37. The van der Waals surface area contributed by atoms with Gasteiger partial charge in [-0.25, -0.2) is 0 Å². The molecule has 4 rings (SSSR count). The number of fused-ring (bicyclic) bond motifs is 1. The van der Waals surface area contributed by atoms with Crippen molar-refractivity contribution in [3.63, 3.8) is 0 Å². The van der Waals surface area contributed by atoms with E-state index in [1.165, 1.54) is 16.0 Å². The predicted molar refractivity (Wildman–Crippen MR) is 139 cm³/mol. The highest BCUT2D eigenvalue weighted by atomic mass is 32.1. The monoisotopic (exact) mass is 481 g/mol.